The third kappa shape index (κ3) is 4.24. The minimum Gasteiger partial charge on any atom is -0.330 e. The van der Waals surface area contributed by atoms with Gasteiger partial charge in [-0.1, -0.05) is 53.0 Å². The fourth-order valence-electron chi connectivity index (χ4n) is 2.42. The Hall–Kier alpha value is -1.02. The van der Waals surface area contributed by atoms with Crippen LogP contribution in [0.2, 0.25) is 10.0 Å². The predicted octanol–water partition coefficient (Wildman–Crippen LogP) is 4.66. The molecule has 2 rings (SSSR count). The summed E-state index contributed by atoms with van der Waals surface area (Å²) in [6.07, 6.45) is 1.81. The van der Waals surface area contributed by atoms with Crippen LogP contribution in [0.15, 0.2) is 42.5 Å². The van der Waals surface area contributed by atoms with Crippen molar-refractivity contribution in [3.63, 3.8) is 0 Å². The van der Waals surface area contributed by atoms with Crippen molar-refractivity contribution >= 4 is 23.2 Å². The van der Waals surface area contributed by atoms with E-state index in [2.05, 4.69) is 31.2 Å². The molecule has 106 valence electrons. The van der Waals surface area contributed by atoms with Crippen LogP contribution in [0.1, 0.15) is 16.7 Å². The first kappa shape index (κ1) is 15.4. The molecule has 0 saturated carbocycles. The zero-order valence-corrected chi connectivity index (χ0v) is 13.1. The van der Waals surface area contributed by atoms with Gasteiger partial charge in [0, 0.05) is 10.0 Å². The summed E-state index contributed by atoms with van der Waals surface area (Å²) in [6.45, 7) is 2.74. The highest BCUT2D eigenvalue weighted by atomic mass is 35.5. The Morgan fingerprint density at radius 1 is 1.05 bits per heavy atom. The lowest BCUT2D eigenvalue weighted by atomic mass is 9.92. The molecule has 0 aliphatic rings. The van der Waals surface area contributed by atoms with Gasteiger partial charge in [-0.25, -0.2) is 0 Å². The average Bonchev–Trinajstić information content (AvgIpc) is 2.42. The first-order valence-corrected chi connectivity index (χ1v) is 7.53. The summed E-state index contributed by atoms with van der Waals surface area (Å²) in [4.78, 5) is 0. The van der Waals surface area contributed by atoms with Crippen molar-refractivity contribution in [1.82, 2.24) is 0 Å². The maximum absolute atomic E-state index is 6.23. The third-order valence-electron chi connectivity index (χ3n) is 3.46. The lowest BCUT2D eigenvalue weighted by Gasteiger charge is -2.16. The normalized spacial score (nSPS) is 12.4. The summed E-state index contributed by atoms with van der Waals surface area (Å²) in [5.74, 6) is 0.368. The molecular formula is C17H19Cl2N. The molecule has 0 radical (unpaired) electrons. The van der Waals surface area contributed by atoms with E-state index in [1.165, 1.54) is 11.1 Å². The van der Waals surface area contributed by atoms with E-state index in [0.29, 0.717) is 12.5 Å². The lowest BCUT2D eigenvalue weighted by molar-refractivity contribution is 0.533. The van der Waals surface area contributed by atoms with E-state index in [9.17, 15) is 0 Å². The van der Waals surface area contributed by atoms with Crippen LogP contribution in [0.4, 0.5) is 0 Å². The number of nitrogens with two attached hydrogens (primary N) is 1. The molecule has 0 saturated heterocycles. The van der Waals surface area contributed by atoms with Crippen molar-refractivity contribution in [2.75, 3.05) is 6.54 Å². The van der Waals surface area contributed by atoms with Crippen molar-refractivity contribution in [3.8, 4) is 0 Å². The molecule has 0 amide bonds. The Labute approximate surface area is 130 Å². The highest BCUT2D eigenvalue weighted by molar-refractivity contribution is 6.33. The van der Waals surface area contributed by atoms with Crippen molar-refractivity contribution in [2.45, 2.75) is 19.8 Å². The fourth-order valence-corrected chi connectivity index (χ4v) is 2.81. The van der Waals surface area contributed by atoms with E-state index in [1.54, 1.807) is 0 Å². The van der Waals surface area contributed by atoms with E-state index in [-0.39, 0.29) is 0 Å². The zero-order chi connectivity index (χ0) is 14.5. The second-order valence-electron chi connectivity index (χ2n) is 5.23. The number of aryl methyl sites for hydroxylation is 1. The molecule has 0 heterocycles. The van der Waals surface area contributed by atoms with Crippen molar-refractivity contribution in [2.24, 2.45) is 11.7 Å². The molecule has 0 spiro atoms. The van der Waals surface area contributed by atoms with Gasteiger partial charge in [0.05, 0.1) is 0 Å². The highest BCUT2D eigenvalue weighted by Gasteiger charge is 2.12. The fraction of sp³-hybridized carbons (Fsp3) is 0.294. The van der Waals surface area contributed by atoms with Gasteiger partial charge >= 0.3 is 0 Å². The molecule has 20 heavy (non-hydrogen) atoms. The van der Waals surface area contributed by atoms with Crippen LogP contribution < -0.4 is 5.73 Å². The number of hydrogen-bond acceptors (Lipinski definition) is 1. The number of halogens is 2. The molecule has 0 fully saturated rings. The Balaban J connectivity index is 2.11. The predicted molar refractivity (Wildman–Crippen MR) is 87.6 cm³/mol. The van der Waals surface area contributed by atoms with Gasteiger partial charge in [-0.3, -0.25) is 0 Å². The summed E-state index contributed by atoms with van der Waals surface area (Å²) >= 11 is 12.3. The maximum Gasteiger partial charge on any atom is 0.0439 e. The largest absolute Gasteiger partial charge is 0.330 e. The molecule has 0 aliphatic carbocycles. The summed E-state index contributed by atoms with van der Waals surface area (Å²) in [5, 5.41) is 1.48. The molecule has 0 aromatic heterocycles. The molecule has 2 aromatic rings. The monoisotopic (exact) mass is 307 g/mol. The first-order chi connectivity index (χ1) is 9.58. The van der Waals surface area contributed by atoms with Crippen LogP contribution in [-0.2, 0) is 12.8 Å². The summed E-state index contributed by atoms with van der Waals surface area (Å²) in [7, 11) is 0. The highest BCUT2D eigenvalue weighted by Crippen LogP contribution is 2.24. The van der Waals surface area contributed by atoms with Crippen LogP contribution in [0.5, 0.6) is 0 Å². The van der Waals surface area contributed by atoms with Crippen LogP contribution in [0.3, 0.4) is 0 Å². The van der Waals surface area contributed by atoms with Crippen molar-refractivity contribution in [1.29, 1.82) is 0 Å². The molecule has 1 atom stereocenters. The minimum absolute atomic E-state index is 0.368. The summed E-state index contributed by atoms with van der Waals surface area (Å²) < 4.78 is 0. The van der Waals surface area contributed by atoms with E-state index in [4.69, 9.17) is 28.9 Å². The van der Waals surface area contributed by atoms with Crippen LogP contribution >= 0.6 is 23.2 Å². The molecule has 0 aliphatic heterocycles. The first-order valence-electron chi connectivity index (χ1n) is 6.78. The zero-order valence-electron chi connectivity index (χ0n) is 11.6. The molecule has 2 aromatic carbocycles. The molecule has 2 N–H and O–H groups in total. The van der Waals surface area contributed by atoms with Gasteiger partial charge in [0.1, 0.15) is 0 Å². The second kappa shape index (κ2) is 7.12. The Morgan fingerprint density at radius 3 is 2.55 bits per heavy atom. The van der Waals surface area contributed by atoms with Gasteiger partial charge in [-0.2, -0.15) is 0 Å². The second-order valence-corrected chi connectivity index (χ2v) is 6.08. The van der Waals surface area contributed by atoms with E-state index < -0.39 is 0 Å². The minimum atomic E-state index is 0.368. The van der Waals surface area contributed by atoms with Gasteiger partial charge in [0.25, 0.3) is 0 Å². The number of rotatable bonds is 5. The number of hydrogen-bond donors (Lipinski definition) is 1. The number of benzene rings is 2. The Bertz CT molecular complexity index is 581. The van der Waals surface area contributed by atoms with Crippen molar-refractivity contribution < 1.29 is 0 Å². The maximum atomic E-state index is 6.23. The quantitative estimate of drug-likeness (QED) is 0.854. The topological polar surface area (TPSA) is 26.0 Å². The third-order valence-corrected chi connectivity index (χ3v) is 4.06. The Kier molecular flexibility index (Phi) is 5.47. The molecule has 1 unspecified atom stereocenters. The van der Waals surface area contributed by atoms with Gasteiger partial charge in [0.2, 0.25) is 0 Å². The lowest BCUT2D eigenvalue weighted by Crippen LogP contribution is -2.19. The van der Waals surface area contributed by atoms with E-state index >= 15 is 0 Å². The van der Waals surface area contributed by atoms with Crippen molar-refractivity contribution in [3.05, 3.63) is 69.2 Å². The Morgan fingerprint density at radius 2 is 1.85 bits per heavy atom. The van der Waals surface area contributed by atoms with Crippen LogP contribution in [0.25, 0.3) is 0 Å². The molecule has 1 nitrogen and oxygen atoms in total. The van der Waals surface area contributed by atoms with Crippen LogP contribution in [0, 0.1) is 12.8 Å². The summed E-state index contributed by atoms with van der Waals surface area (Å²) in [5.41, 5.74) is 9.59. The molecule has 3 heteroatoms. The summed E-state index contributed by atoms with van der Waals surface area (Å²) in [6, 6.07) is 14.1. The van der Waals surface area contributed by atoms with E-state index in [1.807, 2.05) is 18.2 Å². The SMILES string of the molecule is Cc1cccc(CC(CN)Cc2cc(Cl)ccc2Cl)c1. The van der Waals surface area contributed by atoms with E-state index in [0.717, 1.165) is 28.5 Å². The smallest absolute Gasteiger partial charge is 0.0439 e. The van der Waals surface area contributed by atoms with Gasteiger partial charge < -0.3 is 5.73 Å². The molecule has 0 bridgehead atoms. The van der Waals surface area contributed by atoms with Crippen LogP contribution in [-0.4, -0.2) is 6.54 Å². The van der Waals surface area contributed by atoms with Gasteiger partial charge in [-0.15, -0.1) is 0 Å². The van der Waals surface area contributed by atoms with Gasteiger partial charge in [0.15, 0.2) is 0 Å². The van der Waals surface area contributed by atoms with Gasteiger partial charge in [-0.05, 0) is 61.6 Å². The average molecular weight is 308 g/mol. The molecular weight excluding hydrogens is 289 g/mol. The standard InChI is InChI=1S/C17H19Cl2N/c1-12-3-2-4-13(7-12)8-14(11-20)9-15-10-16(18)5-6-17(15)19/h2-7,10,14H,8-9,11,20H2,1H3.